The molecule has 0 spiro atoms. The maximum absolute atomic E-state index is 12.0. The predicted molar refractivity (Wildman–Crippen MR) is 103 cm³/mol. The van der Waals surface area contributed by atoms with Gasteiger partial charge in [0.25, 0.3) is 0 Å². The number of carbonyl (C=O) groups is 1. The number of primary amides is 1. The number of rotatable bonds is 4. The van der Waals surface area contributed by atoms with E-state index in [0.717, 1.165) is 22.0 Å². The standard InChI is InChI=1S/C20H22N4O/c1-13(2)12-24(20(22)25)19-16-9-8-15(14-6-4-3-5-7-14)10-18(16)23-11-17(19)21/h3-11,13H,12,21H2,1-2H3,(H2,22,25). The van der Waals surface area contributed by atoms with E-state index in [0.29, 0.717) is 17.9 Å². The SMILES string of the molecule is CC(C)CN(C(N)=O)c1c(N)cnc2cc(-c3ccccc3)ccc12. The van der Waals surface area contributed by atoms with E-state index in [1.54, 1.807) is 6.20 Å². The van der Waals surface area contributed by atoms with Crippen molar-refractivity contribution in [2.45, 2.75) is 13.8 Å². The first-order valence-electron chi connectivity index (χ1n) is 8.28. The summed E-state index contributed by atoms with van der Waals surface area (Å²) in [7, 11) is 0. The summed E-state index contributed by atoms with van der Waals surface area (Å²) >= 11 is 0. The predicted octanol–water partition coefficient (Wildman–Crippen LogP) is 4.03. The summed E-state index contributed by atoms with van der Waals surface area (Å²) < 4.78 is 0. The van der Waals surface area contributed by atoms with Crippen molar-refractivity contribution < 1.29 is 4.79 Å². The molecule has 1 aromatic heterocycles. The van der Waals surface area contributed by atoms with Gasteiger partial charge in [0, 0.05) is 11.9 Å². The van der Waals surface area contributed by atoms with Crippen molar-refractivity contribution in [2.75, 3.05) is 17.2 Å². The molecule has 5 heteroatoms. The molecule has 2 aromatic carbocycles. The van der Waals surface area contributed by atoms with Crippen LogP contribution in [0.2, 0.25) is 0 Å². The van der Waals surface area contributed by atoms with Crippen LogP contribution >= 0.6 is 0 Å². The lowest BCUT2D eigenvalue weighted by Gasteiger charge is -2.25. The van der Waals surface area contributed by atoms with E-state index in [9.17, 15) is 4.79 Å². The molecule has 4 N–H and O–H groups in total. The highest BCUT2D eigenvalue weighted by Gasteiger charge is 2.20. The molecule has 0 atom stereocenters. The van der Waals surface area contributed by atoms with E-state index in [-0.39, 0.29) is 5.92 Å². The first-order valence-corrected chi connectivity index (χ1v) is 8.28. The van der Waals surface area contributed by atoms with Gasteiger partial charge in [0.1, 0.15) is 0 Å². The number of nitrogens with two attached hydrogens (primary N) is 2. The zero-order valence-corrected chi connectivity index (χ0v) is 14.4. The van der Waals surface area contributed by atoms with E-state index >= 15 is 0 Å². The first-order chi connectivity index (χ1) is 12.0. The Balaban J connectivity index is 2.16. The molecule has 0 aliphatic rings. The molecule has 1 heterocycles. The van der Waals surface area contributed by atoms with Crippen LogP contribution < -0.4 is 16.4 Å². The molecule has 25 heavy (non-hydrogen) atoms. The molecule has 0 unspecified atom stereocenters. The fraction of sp³-hybridized carbons (Fsp3) is 0.200. The molecule has 0 bridgehead atoms. The first kappa shape index (κ1) is 16.8. The Bertz CT molecular complexity index is 906. The summed E-state index contributed by atoms with van der Waals surface area (Å²) in [6.45, 7) is 4.56. The summed E-state index contributed by atoms with van der Waals surface area (Å²) in [5.41, 5.74) is 15.8. The minimum absolute atomic E-state index is 0.263. The second kappa shape index (κ2) is 6.81. The number of nitrogen functional groups attached to an aromatic ring is 1. The van der Waals surface area contributed by atoms with Gasteiger partial charge in [-0.3, -0.25) is 9.88 Å². The highest BCUT2D eigenvalue weighted by atomic mass is 16.2. The van der Waals surface area contributed by atoms with Crippen molar-refractivity contribution in [3.05, 3.63) is 54.7 Å². The van der Waals surface area contributed by atoms with E-state index in [1.165, 1.54) is 4.90 Å². The van der Waals surface area contributed by atoms with Gasteiger partial charge in [0.15, 0.2) is 0 Å². The molecule has 3 aromatic rings. The van der Waals surface area contributed by atoms with Gasteiger partial charge in [-0.1, -0.05) is 56.3 Å². The maximum Gasteiger partial charge on any atom is 0.319 e. The van der Waals surface area contributed by atoms with Crippen LogP contribution in [0.1, 0.15) is 13.8 Å². The number of urea groups is 1. The normalized spacial score (nSPS) is 11.0. The van der Waals surface area contributed by atoms with E-state index in [4.69, 9.17) is 11.5 Å². The minimum Gasteiger partial charge on any atom is -0.396 e. The Morgan fingerprint density at radius 2 is 1.84 bits per heavy atom. The Kier molecular flexibility index (Phi) is 4.57. The topological polar surface area (TPSA) is 85.2 Å². The Morgan fingerprint density at radius 1 is 1.12 bits per heavy atom. The molecule has 0 aliphatic carbocycles. The van der Waals surface area contributed by atoms with Crippen molar-refractivity contribution in [3.63, 3.8) is 0 Å². The summed E-state index contributed by atoms with van der Waals surface area (Å²) in [4.78, 5) is 18.0. The third-order valence-corrected chi connectivity index (χ3v) is 4.06. The lowest BCUT2D eigenvalue weighted by molar-refractivity contribution is 0.253. The average molecular weight is 334 g/mol. The molecular weight excluding hydrogens is 312 g/mol. The van der Waals surface area contributed by atoms with Crippen LogP contribution in [0.15, 0.2) is 54.7 Å². The van der Waals surface area contributed by atoms with Crippen molar-refractivity contribution in [1.29, 1.82) is 0 Å². The molecule has 0 fully saturated rings. The van der Waals surface area contributed by atoms with Gasteiger partial charge >= 0.3 is 6.03 Å². The molecule has 0 radical (unpaired) electrons. The van der Waals surface area contributed by atoms with Crippen LogP contribution in [0.3, 0.4) is 0 Å². The number of fused-ring (bicyclic) bond motifs is 1. The van der Waals surface area contributed by atoms with Gasteiger partial charge in [-0.15, -0.1) is 0 Å². The summed E-state index contributed by atoms with van der Waals surface area (Å²) in [5, 5.41) is 0.819. The van der Waals surface area contributed by atoms with Crippen molar-refractivity contribution in [1.82, 2.24) is 4.98 Å². The number of amides is 2. The van der Waals surface area contributed by atoms with Crippen molar-refractivity contribution >= 4 is 28.3 Å². The van der Waals surface area contributed by atoms with Gasteiger partial charge in [-0.2, -0.15) is 0 Å². The largest absolute Gasteiger partial charge is 0.396 e. The lowest BCUT2D eigenvalue weighted by atomic mass is 10.0. The van der Waals surface area contributed by atoms with Gasteiger partial charge < -0.3 is 11.5 Å². The number of anilines is 2. The summed E-state index contributed by atoms with van der Waals surface area (Å²) in [5.74, 6) is 0.263. The van der Waals surface area contributed by atoms with Crippen LogP contribution in [0.5, 0.6) is 0 Å². The lowest BCUT2D eigenvalue weighted by Crippen LogP contribution is -2.39. The van der Waals surface area contributed by atoms with Gasteiger partial charge in [-0.05, 0) is 23.1 Å². The van der Waals surface area contributed by atoms with Gasteiger partial charge in [0.05, 0.1) is 23.1 Å². The molecule has 3 rings (SSSR count). The van der Waals surface area contributed by atoms with E-state index in [1.807, 2.05) is 62.4 Å². The number of nitrogens with zero attached hydrogens (tertiary/aromatic N) is 2. The van der Waals surface area contributed by atoms with Gasteiger partial charge in [-0.25, -0.2) is 4.79 Å². The fourth-order valence-corrected chi connectivity index (χ4v) is 2.96. The molecule has 128 valence electrons. The quantitative estimate of drug-likeness (QED) is 0.755. The average Bonchev–Trinajstić information content (AvgIpc) is 2.60. The van der Waals surface area contributed by atoms with Crippen LogP contribution in [0.25, 0.3) is 22.0 Å². The number of hydrogen-bond acceptors (Lipinski definition) is 3. The van der Waals surface area contributed by atoms with Crippen molar-refractivity contribution in [3.8, 4) is 11.1 Å². The smallest absolute Gasteiger partial charge is 0.319 e. The van der Waals surface area contributed by atoms with E-state index < -0.39 is 6.03 Å². The molecular formula is C20H22N4O. The number of carbonyl (C=O) groups excluding carboxylic acids is 1. The Hall–Kier alpha value is -3.08. The third kappa shape index (κ3) is 3.40. The zero-order valence-electron chi connectivity index (χ0n) is 14.4. The molecule has 2 amide bonds. The van der Waals surface area contributed by atoms with Crippen molar-refractivity contribution in [2.24, 2.45) is 11.7 Å². The highest BCUT2D eigenvalue weighted by Crippen LogP contribution is 2.34. The molecule has 0 saturated carbocycles. The van der Waals surface area contributed by atoms with Crippen LogP contribution in [-0.2, 0) is 0 Å². The number of benzene rings is 2. The molecule has 0 aliphatic heterocycles. The molecule has 0 saturated heterocycles. The Labute approximate surface area is 147 Å². The zero-order chi connectivity index (χ0) is 18.0. The third-order valence-electron chi connectivity index (χ3n) is 4.06. The number of aromatic nitrogens is 1. The van der Waals surface area contributed by atoms with Crippen LogP contribution in [0.4, 0.5) is 16.2 Å². The fourth-order valence-electron chi connectivity index (χ4n) is 2.96. The van der Waals surface area contributed by atoms with Crippen LogP contribution in [0, 0.1) is 5.92 Å². The second-order valence-electron chi connectivity index (χ2n) is 6.50. The Morgan fingerprint density at radius 3 is 2.48 bits per heavy atom. The van der Waals surface area contributed by atoms with Gasteiger partial charge in [0.2, 0.25) is 0 Å². The van der Waals surface area contributed by atoms with E-state index in [2.05, 4.69) is 4.98 Å². The summed E-state index contributed by atoms with van der Waals surface area (Å²) in [6.07, 6.45) is 1.59. The minimum atomic E-state index is -0.514. The monoisotopic (exact) mass is 334 g/mol. The molecule has 5 nitrogen and oxygen atoms in total. The van der Waals surface area contributed by atoms with Crippen LogP contribution in [-0.4, -0.2) is 17.6 Å². The summed E-state index contributed by atoms with van der Waals surface area (Å²) in [6, 6.07) is 15.5. The highest BCUT2D eigenvalue weighted by molar-refractivity contribution is 6.06. The second-order valence-corrected chi connectivity index (χ2v) is 6.50. The number of hydrogen-bond donors (Lipinski definition) is 2. The number of pyridine rings is 1. The maximum atomic E-state index is 12.0.